The minimum atomic E-state index is -1.98. The quantitative estimate of drug-likeness (QED) is 0.0498. The highest BCUT2D eigenvalue weighted by atomic mass is 16.4. The van der Waals surface area contributed by atoms with Crippen LogP contribution in [0.4, 0.5) is 0 Å². The Hall–Kier alpha value is -6.93. The zero-order valence-corrected chi connectivity index (χ0v) is 41.5. The van der Waals surface area contributed by atoms with Crippen molar-refractivity contribution in [1.82, 2.24) is 42.5 Å². The first-order valence-electron chi connectivity index (χ1n) is 24.3. The third kappa shape index (κ3) is 23.9. The molecule has 73 heavy (non-hydrogen) atoms. The summed E-state index contributed by atoms with van der Waals surface area (Å²) in [7, 11) is 0. The van der Waals surface area contributed by atoms with E-state index >= 15 is 0 Å². The Morgan fingerprint density at radius 1 is 0.562 bits per heavy atom. The molecule has 17 N–H and O–H groups in total. The van der Waals surface area contributed by atoms with Crippen LogP contribution >= 0.6 is 0 Å². The van der Waals surface area contributed by atoms with Gasteiger partial charge in [-0.15, -0.1) is 0 Å². The van der Waals surface area contributed by atoms with Gasteiger partial charge in [-0.1, -0.05) is 77.3 Å². The number of nitrogens with one attached hydrogen (secondary N) is 8. The van der Waals surface area contributed by atoms with Crippen LogP contribution in [0.1, 0.15) is 116 Å². The minimum Gasteiger partial charge on any atom is -0.508 e. The lowest BCUT2D eigenvalue weighted by atomic mass is 10.0. The molecule has 1 aliphatic heterocycles. The Morgan fingerprint density at radius 3 is 1.51 bits per heavy atom. The first-order valence-corrected chi connectivity index (χ1v) is 24.3. The monoisotopic (exact) mass is 1030 g/mol. The lowest BCUT2D eigenvalue weighted by Crippen LogP contribution is -2.62. The van der Waals surface area contributed by atoms with Gasteiger partial charge in [0.25, 0.3) is 0 Å². The number of unbranched alkanes of at least 4 members (excludes halogenated alkanes) is 6. The molecule has 1 aromatic rings. The van der Waals surface area contributed by atoms with Gasteiger partial charge in [0.2, 0.25) is 59.1 Å². The van der Waals surface area contributed by atoms with E-state index in [1.54, 1.807) is 0 Å². The van der Waals surface area contributed by atoms with Gasteiger partial charge in [0.15, 0.2) is 0 Å². The summed E-state index contributed by atoms with van der Waals surface area (Å²) in [5.74, 6) is -12.6. The van der Waals surface area contributed by atoms with E-state index in [9.17, 15) is 78.3 Å². The van der Waals surface area contributed by atoms with Crippen molar-refractivity contribution >= 4 is 65.0 Å². The molecule has 1 aliphatic rings. The van der Waals surface area contributed by atoms with Crippen LogP contribution in [0.2, 0.25) is 0 Å². The second-order valence-electron chi connectivity index (χ2n) is 18.5. The number of amides is 10. The van der Waals surface area contributed by atoms with E-state index in [0.29, 0.717) is 24.3 Å². The van der Waals surface area contributed by atoms with Gasteiger partial charge in [0.05, 0.1) is 32.2 Å². The van der Waals surface area contributed by atoms with Crippen LogP contribution in [0.15, 0.2) is 24.3 Å². The van der Waals surface area contributed by atoms with Crippen LogP contribution in [-0.4, -0.2) is 158 Å². The number of phenols is 1. The number of aliphatic carboxylic acids is 1. The van der Waals surface area contributed by atoms with Crippen molar-refractivity contribution < 1.29 is 78.3 Å². The average Bonchev–Trinajstić information content (AvgIpc) is 3.30. The molecule has 2 rings (SSSR count). The maximum Gasteiger partial charge on any atom is 0.303 e. The summed E-state index contributed by atoms with van der Waals surface area (Å²) in [4.78, 5) is 146. The van der Waals surface area contributed by atoms with Crippen LogP contribution in [0, 0.1) is 5.92 Å². The Balaban J connectivity index is 2.69. The number of hydrogen-bond donors (Lipinski definition) is 15. The average molecular weight is 1040 g/mol. The van der Waals surface area contributed by atoms with E-state index in [2.05, 4.69) is 56.4 Å². The normalized spacial score (nSPS) is 23.9. The van der Waals surface area contributed by atoms with E-state index < -0.39 is 165 Å². The Labute approximate surface area is 422 Å². The molecule has 9 atom stereocenters. The maximum absolute atomic E-state index is 14.1. The van der Waals surface area contributed by atoms with Gasteiger partial charge in [-0.3, -0.25) is 52.7 Å². The van der Waals surface area contributed by atoms with Crippen LogP contribution in [-0.2, 0) is 59.2 Å². The number of carbonyl (C=O) groups is 11. The van der Waals surface area contributed by atoms with Gasteiger partial charge >= 0.3 is 5.97 Å². The number of hydrogen-bond acceptors (Lipinski definition) is 15. The number of carboxylic acids is 1. The van der Waals surface area contributed by atoms with Crippen molar-refractivity contribution in [2.24, 2.45) is 17.4 Å². The van der Waals surface area contributed by atoms with Crippen molar-refractivity contribution in [3.63, 3.8) is 0 Å². The first-order chi connectivity index (χ1) is 34.4. The van der Waals surface area contributed by atoms with Crippen LogP contribution in [0.3, 0.4) is 0 Å². The Kier molecular flexibility index (Phi) is 27.4. The molecule has 0 aromatic heterocycles. The summed E-state index contributed by atoms with van der Waals surface area (Å²) in [6.45, 7) is 3.12. The minimum absolute atomic E-state index is 0.157. The fourth-order valence-corrected chi connectivity index (χ4v) is 7.66. The fourth-order valence-electron chi connectivity index (χ4n) is 7.66. The lowest BCUT2D eigenvalue weighted by Gasteiger charge is -2.28. The fraction of sp³-hybridized carbons (Fsp3) is 0.638. The van der Waals surface area contributed by atoms with E-state index in [1.165, 1.54) is 24.3 Å². The maximum atomic E-state index is 14.1. The molecular formula is C47H74N10O16. The number of carbonyl (C=O) groups excluding carboxylic acids is 10. The number of primary amides is 2. The van der Waals surface area contributed by atoms with Crippen molar-refractivity contribution in [3.05, 3.63) is 29.8 Å². The molecule has 0 radical (unpaired) electrons. The summed E-state index contributed by atoms with van der Waals surface area (Å²) >= 11 is 0. The van der Waals surface area contributed by atoms with Crippen LogP contribution in [0.5, 0.6) is 5.75 Å². The molecule has 26 heteroatoms. The summed E-state index contributed by atoms with van der Waals surface area (Å²) in [6.07, 6.45) is 1.62. The second kappa shape index (κ2) is 32.2. The molecule has 0 spiro atoms. The lowest BCUT2D eigenvalue weighted by molar-refractivity contribution is -0.139. The third-order valence-corrected chi connectivity index (χ3v) is 11.7. The number of nitrogens with two attached hydrogens (primary N) is 2. The van der Waals surface area contributed by atoms with E-state index in [1.807, 2.05) is 0 Å². The molecule has 408 valence electrons. The molecule has 1 fully saturated rings. The number of benzene rings is 1. The molecule has 26 nitrogen and oxygen atoms in total. The van der Waals surface area contributed by atoms with Gasteiger partial charge in [-0.05, 0) is 43.4 Å². The standard InChI is InChI=1S/C47H74N10O16/c1-25(2)11-9-7-5-4-6-8-10-12-28-20-38(64)51-32(21-36(48)62)43(69)53-31(19-27-13-15-29(61)16-14-27)42(68)54-33(22-37(49)63)44(70)56-34(23-58)45(71)52-30(17-18-39(65)66)41(67)55-35(24-59)46(72)57-40(26(3)60)47(73)50-28/h13-16,25-26,28,30-35,40,58-61H,4-12,17-24H2,1-3H3,(H2,48,62)(H2,49,63)(H,50,73)(H,51,64)(H,52,71)(H,53,69)(H,54,68)(H,55,67)(H,56,70)(H,57,72)(H,65,66)/t26-,28+,30+,31-,32+,33-,34+,35-,40+/m1/s1. The molecule has 0 unspecified atom stereocenters. The molecular weight excluding hydrogens is 961 g/mol. The number of aromatic hydroxyl groups is 1. The van der Waals surface area contributed by atoms with Crippen molar-refractivity contribution in [2.75, 3.05) is 13.2 Å². The van der Waals surface area contributed by atoms with Gasteiger partial charge in [-0.25, -0.2) is 0 Å². The van der Waals surface area contributed by atoms with E-state index in [0.717, 1.165) is 45.4 Å². The second-order valence-corrected chi connectivity index (χ2v) is 18.5. The number of aliphatic hydroxyl groups is 3. The summed E-state index contributed by atoms with van der Waals surface area (Å²) < 4.78 is 0. The zero-order chi connectivity index (χ0) is 54.8. The number of phenolic OH excluding ortho intramolecular Hbond substituents is 1. The number of carboxylic acid groups (broad SMARTS) is 1. The van der Waals surface area contributed by atoms with Gasteiger partial charge < -0.3 is 79.5 Å². The Bertz CT molecular complexity index is 2060. The Morgan fingerprint density at radius 2 is 1.00 bits per heavy atom. The van der Waals surface area contributed by atoms with Gasteiger partial charge in [0, 0.05) is 25.3 Å². The highest BCUT2D eigenvalue weighted by Crippen LogP contribution is 2.16. The molecule has 1 aromatic carbocycles. The zero-order valence-electron chi connectivity index (χ0n) is 41.5. The van der Waals surface area contributed by atoms with E-state index in [4.69, 9.17) is 11.5 Å². The van der Waals surface area contributed by atoms with Crippen LogP contribution in [0.25, 0.3) is 0 Å². The molecule has 1 saturated heterocycles. The molecule has 10 amide bonds. The number of aliphatic hydroxyl groups excluding tert-OH is 3. The third-order valence-electron chi connectivity index (χ3n) is 11.7. The van der Waals surface area contributed by atoms with Gasteiger partial charge in [0.1, 0.15) is 48.0 Å². The topological polar surface area (TPSA) is 437 Å². The predicted octanol–water partition coefficient (Wildman–Crippen LogP) is -3.64. The van der Waals surface area contributed by atoms with Gasteiger partial charge in [-0.2, -0.15) is 0 Å². The van der Waals surface area contributed by atoms with Crippen molar-refractivity contribution in [1.29, 1.82) is 0 Å². The largest absolute Gasteiger partial charge is 0.508 e. The smallest absolute Gasteiger partial charge is 0.303 e. The molecule has 0 saturated carbocycles. The predicted molar refractivity (Wildman–Crippen MR) is 259 cm³/mol. The summed E-state index contributed by atoms with van der Waals surface area (Å²) in [5.41, 5.74) is 11.2. The molecule has 0 aliphatic carbocycles. The summed E-state index contributed by atoms with van der Waals surface area (Å²) in [6, 6.07) is -8.62. The molecule has 0 bridgehead atoms. The highest BCUT2D eigenvalue weighted by molar-refractivity contribution is 5.99. The van der Waals surface area contributed by atoms with Crippen molar-refractivity contribution in [2.45, 2.75) is 172 Å². The van der Waals surface area contributed by atoms with Crippen molar-refractivity contribution in [3.8, 4) is 5.75 Å². The highest BCUT2D eigenvalue weighted by Gasteiger charge is 2.36. The first kappa shape index (κ1) is 62.2. The van der Waals surface area contributed by atoms with Crippen LogP contribution < -0.4 is 54.0 Å². The SMILES string of the molecule is CC(C)CCCCCCCCC[C@H]1CC(=O)N[C@@H](CC(N)=O)C(=O)N[C@H](Cc2ccc(O)cc2)C(=O)N[C@H](CC(N)=O)C(=O)N[C@@H](CO)C(=O)N[C@@H](CCC(=O)O)C(=O)N[C@H](CO)C(=O)N[C@@H]([C@@H](C)O)C(=O)N1. The summed E-state index contributed by atoms with van der Waals surface area (Å²) in [5, 5.41) is 68.6. The van der Waals surface area contributed by atoms with E-state index in [-0.39, 0.29) is 18.6 Å². The number of rotatable bonds is 22. The molecule has 1 heterocycles.